The fourth-order valence-electron chi connectivity index (χ4n) is 3.51. The first-order valence-electron chi connectivity index (χ1n) is 7.32. The molecule has 0 radical (unpaired) electrons. The van der Waals surface area contributed by atoms with E-state index >= 15 is 0 Å². The van der Waals surface area contributed by atoms with E-state index < -0.39 is 0 Å². The minimum absolute atomic E-state index is 0.0829. The Balaban J connectivity index is 2.44. The minimum atomic E-state index is 0.0829. The van der Waals surface area contributed by atoms with Crippen LogP contribution in [0.3, 0.4) is 0 Å². The van der Waals surface area contributed by atoms with Crippen molar-refractivity contribution in [1.82, 2.24) is 4.90 Å². The Labute approximate surface area is 111 Å². The second-order valence-electron chi connectivity index (χ2n) is 5.33. The molecule has 0 saturated carbocycles. The van der Waals surface area contributed by atoms with Crippen molar-refractivity contribution in [2.75, 3.05) is 19.6 Å². The van der Waals surface area contributed by atoms with Crippen LogP contribution >= 0.6 is 0 Å². The van der Waals surface area contributed by atoms with Crippen LogP contribution in [0.5, 0.6) is 0 Å². The summed E-state index contributed by atoms with van der Waals surface area (Å²) in [6.07, 6.45) is 4.86. The van der Waals surface area contributed by atoms with Gasteiger partial charge in [0.15, 0.2) is 0 Å². The van der Waals surface area contributed by atoms with Crippen LogP contribution in [0.1, 0.15) is 44.2 Å². The van der Waals surface area contributed by atoms with Gasteiger partial charge in [-0.05, 0) is 49.9 Å². The van der Waals surface area contributed by atoms with Gasteiger partial charge in [0.2, 0.25) is 0 Å². The van der Waals surface area contributed by atoms with Crippen molar-refractivity contribution in [1.29, 1.82) is 0 Å². The predicted molar refractivity (Wildman–Crippen MR) is 77.7 cm³/mol. The molecule has 1 aliphatic carbocycles. The van der Waals surface area contributed by atoms with E-state index in [9.17, 15) is 0 Å². The number of likely N-dealkylation sites (N-methyl/N-ethyl adjacent to an activating group) is 1. The molecular formula is C16H26N2. The van der Waals surface area contributed by atoms with Gasteiger partial charge in [0.25, 0.3) is 0 Å². The van der Waals surface area contributed by atoms with Crippen LogP contribution in [0.2, 0.25) is 0 Å². The fraction of sp³-hybridized carbons (Fsp3) is 0.625. The van der Waals surface area contributed by atoms with Gasteiger partial charge in [-0.2, -0.15) is 0 Å². The summed E-state index contributed by atoms with van der Waals surface area (Å²) < 4.78 is 0. The molecule has 18 heavy (non-hydrogen) atoms. The Bertz CT molecular complexity index is 388. The Kier molecular flexibility index (Phi) is 4.41. The average Bonchev–Trinajstić information content (AvgIpc) is 2.44. The van der Waals surface area contributed by atoms with Gasteiger partial charge in [-0.15, -0.1) is 0 Å². The number of nitrogens with zero attached hydrogens (tertiary/aromatic N) is 1. The highest BCUT2D eigenvalue weighted by Crippen LogP contribution is 2.39. The predicted octanol–water partition coefficient (Wildman–Crippen LogP) is 2.91. The molecular weight excluding hydrogens is 220 g/mol. The summed E-state index contributed by atoms with van der Waals surface area (Å²) >= 11 is 0. The van der Waals surface area contributed by atoms with Crippen LogP contribution in [0, 0.1) is 0 Å². The standard InChI is InChI=1S/C16H26N2/c1-3-12-18(4-2)16(13-17)11-7-9-14-8-5-6-10-15(14)16/h5-6,8,10H,3-4,7,9,11-13,17H2,1-2H3. The van der Waals surface area contributed by atoms with Crippen molar-refractivity contribution in [3.8, 4) is 0 Å². The molecule has 100 valence electrons. The summed E-state index contributed by atoms with van der Waals surface area (Å²) in [5, 5.41) is 0. The van der Waals surface area contributed by atoms with Gasteiger partial charge in [0.05, 0.1) is 5.54 Å². The second kappa shape index (κ2) is 5.85. The number of rotatable bonds is 5. The van der Waals surface area contributed by atoms with Crippen molar-refractivity contribution in [2.45, 2.75) is 45.1 Å². The molecule has 0 amide bonds. The molecule has 1 aliphatic rings. The smallest absolute Gasteiger partial charge is 0.0586 e. The highest BCUT2D eigenvalue weighted by atomic mass is 15.2. The molecule has 0 aliphatic heterocycles. The van der Waals surface area contributed by atoms with Crippen molar-refractivity contribution in [3.05, 3.63) is 35.4 Å². The lowest BCUT2D eigenvalue weighted by molar-refractivity contribution is 0.0796. The topological polar surface area (TPSA) is 29.3 Å². The van der Waals surface area contributed by atoms with Crippen LogP contribution in [-0.4, -0.2) is 24.5 Å². The van der Waals surface area contributed by atoms with Crippen LogP contribution in [-0.2, 0) is 12.0 Å². The fourth-order valence-corrected chi connectivity index (χ4v) is 3.51. The van der Waals surface area contributed by atoms with Crippen molar-refractivity contribution in [2.24, 2.45) is 5.73 Å². The van der Waals surface area contributed by atoms with Gasteiger partial charge >= 0.3 is 0 Å². The minimum Gasteiger partial charge on any atom is -0.328 e. The molecule has 0 saturated heterocycles. The number of hydrogen-bond acceptors (Lipinski definition) is 2. The lowest BCUT2D eigenvalue weighted by atomic mass is 9.75. The maximum Gasteiger partial charge on any atom is 0.0586 e. The lowest BCUT2D eigenvalue weighted by Crippen LogP contribution is -2.53. The largest absolute Gasteiger partial charge is 0.328 e. The van der Waals surface area contributed by atoms with Crippen LogP contribution in [0.25, 0.3) is 0 Å². The number of fused-ring (bicyclic) bond motifs is 1. The zero-order valence-electron chi connectivity index (χ0n) is 11.8. The summed E-state index contributed by atoms with van der Waals surface area (Å²) in [6.45, 7) is 7.46. The normalized spacial score (nSPS) is 23.1. The summed E-state index contributed by atoms with van der Waals surface area (Å²) in [5.41, 5.74) is 9.29. The third-order valence-corrected chi connectivity index (χ3v) is 4.37. The molecule has 1 atom stereocenters. The molecule has 0 heterocycles. The third-order valence-electron chi connectivity index (χ3n) is 4.37. The first kappa shape index (κ1) is 13.6. The van der Waals surface area contributed by atoms with E-state index in [-0.39, 0.29) is 5.54 Å². The summed E-state index contributed by atoms with van der Waals surface area (Å²) in [4.78, 5) is 2.59. The molecule has 1 aromatic carbocycles. The first-order chi connectivity index (χ1) is 8.78. The van der Waals surface area contributed by atoms with E-state index in [1.54, 1.807) is 0 Å². The molecule has 2 rings (SSSR count). The van der Waals surface area contributed by atoms with Crippen LogP contribution in [0.4, 0.5) is 0 Å². The van der Waals surface area contributed by atoms with Crippen molar-refractivity contribution >= 4 is 0 Å². The van der Waals surface area contributed by atoms with Gasteiger partial charge in [0.1, 0.15) is 0 Å². The van der Waals surface area contributed by atoms with Gasteiger partial charge < -0.3 is 5.73 Å². The quantitative estimate of drug-likeness (QED) is 0.865. The van der Waals surface area contributed by atoms with E-state index in [0.29, 0.717) is 0 Å². The zero-order valence-corrected chi connectivity index (χ0v) is 11.8. The monoisotopic (exact) mass is 246 g/mol. The van der Waals surface area contributed by atoms with E-state index in [1.807, 2.05) is 0 Å². The van der Waals surface area contributed by atoms with E-state index in [4.69, 9.17) is 5.73 Å². The molecule has 1 unspecified atom stereocenters. The molecule has 0 aromatic heterocycles. The Morgan fingerprint density at radius 3 is 2.72 bits per heavy atom. The molecule has 2 nitrogen and oxygen atoms in total. The molecule has 0 spiro atoms. The second-order valence-corrected chi connectivity index (χ2v) is 5.33. The van der Waals surface area contributed by atoms with E-state index in [2.05, 4.69) is 43.0 Å². The average molecular weight is 246 g/mol. The van der Waals surface area contributed by atoms with Crippen molar-refractivity contribution < 1.29 is 0 Å². The van der Waals surface area contributed by atoms with Crippen LogP contribution < -0.4 is 5.73 Å². The SMILES string of the molecule is CCCN(CC)C1(CN)CCCc2ccccc21. The highest BCUT2D eigenvalue weighted by molar-refractivity contribution is 5.36. The molecule has 2 heteroatoms. The van der Waals surface area contributed by atoms with Gasteiger partial charge in [0, 0.05) is 6.54 Å². The number of nitrogens with two attached hydrogens (primary N) is 1. The van der Waals surface area contributed by atoms with Crippen molar-refractivity contribution in [3.63, 3.8) is 0 Å². The van der Waals surface area contributed by atoms with E-state index in [1.165, 1.54) is 36.8 Å². The summed E-state index contributed by atoms with van der Waals surface area (Å²) in [6, 6.07) is 8.88. The molecule has 0 bridgehead atoms. The Morgan fingerprint density at radius 2 is 2.06 bits per heavy atom. The summed E-state index contributed by atoms with van der Waals surface area (Å²) in [5.74, 6) is 0. The number of hydrogen-bond donors (Lipinski definition) is 1. The Morgan fingerprint density at radius 1 is 1.28 bits per heavy atom. The van der Waals surface area contributed by atoms with Gasteiger partial charge in [-0.3, -0.25) is 4.90 Å². The zero-order chi connectivity index (χ0) is 13.0. The van der Waals surface area contributed by atoms with Gasteiger partial charge in [-0.25, -0.2) is 0 Å². The number of benzene rings is 1. The Hall–Kier alpha value is -0.860. The number of aryl methyl sites for hydroxylation is 1. The molecule has 2 N–H and O–H groups in total. The molecule has 0 fully saturated rings. The molecule has 1 aromatic rings. The maximum absolute atomic E-state index is 6.22. The maximum atomic E-state index is 6.22. The van der Waals surface area contributed by atoms with E-state index in [0.717, 1.165) is 19.6 Å². The highest BCUT2D eigenvalue weighted by Gasteiger charge is 2.39. The lowest BCUT2D eigenvalue weighted by Gasteiger charge is -2.47. The third kappa shape index (κ3) is 2.19. The van der Waals surface area contributed by atoms with Crippen LogP contribution in [0.15, 0.2) is 24.3 Å². The van der Waals surface area contributed by atoms with Gasteiger partial charge in [-0.1, -0.05) is 38.1 Å². The first-order valence-corrected chi connectivity index (χ1v) is 7.32. The summed E-state index contributed by atoms with van der Waals surface area (Å²) in [7, 11) is 0.